The Morgan fingerprint density at radius 2 is 1.42 bits per heavy atom. The molecule has 0 saturated heterocycles. The van der Waals surface area contributed by atoms with Gasteiger partial charge in [-0.15, -0.1) is 0 Å². The van der Waals surface area contributed by atoms with Gasteiger partial charge in [0.15, 0.2) is 0 Å². The van der Waals surface area contributed by atoms with E-state index in [1.165, 1.54) is 0 Å². The van der Waals surface area contributed by atoms with Crippen LogP contribution >= 0.6 is 0 Å². The van der Waals surface area contributed by atoms with Gasteiger partial charge in [-0.1, -0.05) is 20.8 Å². The van der Waals surface area contributed by atoms with Crippen LogP contribution in [0.2, 0.25) is 0 Å². The Morgan fingerprint density at radius 3 is 1.63 bits per heavy atom. The monoisotopic (exact) mass is 272 g/mol. The molecule has 0 fully saturated rings. The molecule has 2 unspecified atom stereocenters. The zero-order valence-corrected chi connectivity index (χ0v) is 13.7. The van der Waals surface area contributed by atoms with Crippen LogP contribution in [0.25, 0.3) is 0 Å². The smallest absolute Gasteiger partial charge is 0.221 e. The van der Waals surface area contributed by atoms with Gasteiger partial charge in [0.1, 0.15) is 0 Å². The van der Waals surface area contributed by atoms with Gasteiger partial charge in [0.05, 0.1) is 5.54 Å². The molecule has 0 aromatic rings. The zero-order valence-electron chi connectivity index (χ0n) is 13.7. The highest BCUT2D eigenvalue weighted by atomic mass is 16.1. The molecule has 0 aromatic heterocycles. The zero-order chi connectivity index (χ0) is 15.1. The molecule has 5 nitrogen and oxygen atoms in total. The van der Waals surface area contributed by atoms with Crippen molar-refractivity contribution in [2.75, 3.05) is 28.2 Å². The molecule has 0 bridgehead atoms. The summed E-state index contributed by atoms with van der Waals surface area (Å²) in [5.74, 6) is 0. The summed E-state index contributed by atoms with van der Waals surface area (Å²) in [6, 6.07) is 0.689. The van der Waals surface area contributed by atoms with Crippen molar-refractivity contribution in [2.24, 2.45) is 0 Å². The van der Waals surface area contributed by atoms with Crippen LogP contribution < -0.4 is 10.9 Å². The fraction of sp³-hybridized carbons (Fsp3) is 0.929. The molecule has 0 saturated carbocycles. The minimum atomic E-state index is -0.169. The second kappa shape index (κ2) is 8.51. The van der Waals surface area contributed by atoms with E-state index in [4.69, 9.17) is 0 Å². The van der Waals surface area contributed by atoms with Crippen molar-refractivity contribution >= 4 is 6.41 Å². The average molecular weight is 272 g/mol. The first-order chi connectivity index (χ1) is 8.91. The van der Waals surface area contributed by atoms with Crippen LogP contribution in [0, 0.1) is 0 Å². The van der Waals surface area contributed by atoms with Crippen LogP contribution in [-0.2, 0) is 4.79 Å². The van der Waals surface area contributed by atoms with Gasteiger partial charge in [0.25, 0.3) is 0 Å². The van der Waals surface area contributed by atoms with E-state index in [9.17, 15) is 4.79 Å². The molecule has 5 heteroatoms. The molecule has 2 N–H and O–H groups in total. The van der Waals surface area contributed by atoms with Crippen LogP contribution in [-0.4, -0.2) is 62.0 Å². The lowest BCUT2D eigenvalue weighted by atomic mass is 9.77. The summed E-state index contributed by atoms with van der Waals surface area (Å²) in [6.45, 7) is 6.57. The Morgan fingerprint density at radius 1 is 1.00 bits per heavy atom. The highest BCUT2D eigenvalue weighted by Gasteiger charge is 2.44. The summed E-state index contributed by atoms with van der Waals surface area (Å²) >= 11 is 0. The molecule has 0 aliphatic carbocycles. The van der Waals surface area contributed by atoms with Gasteiger partial charge < -0.3 is 9.80 Å². The summed E-state index contributed by atoms with van der Waals surface area (Å²) in [6.07, 6.45) is 3.72. The van der Waals surface area contributed by atoms with E-state index in [-0.39, 0.29) is 5.54 Å². The number of rotatable bonds is 10. The third-order valence-corrected chi connectivity index (χ3v) is 4.16. The molecule has 0 radical (unpaired) electrons. The van der Waals surface area contributed by atoms with Gasteiger partial charge in [-0.3, -0.25) is 10.2 Å². The van der Waals surface area contributed by atoms with Gasteiger partial charge in [-0.25, -0.2) is 5.43 Å². The molecule has 19 heavy (non-hydrogen) atoms. The highest BCUT2D eigenvalue weighted by molar-refractivity contribution is 5.45. The maximum absolute atomic E-state index is 10.7. The summed E-state index contributed by atoms with van der Waals surface area (Å²) < 4.78 is 0. The van der Waals surface area contributed by atoms with Crippen LogP contribution in [0.1, 0.15) is 40.0 Å². The van der Waals surface area contributed by atoms with Gasteiger partial charge >= 0.3 is 0 Å². The molecule has 0 spiro atoms. The first-order valence-electron chi connectivity index (χ1n) is 7.20. The second-order valence-corrected chi connectivity index (χ2v) is 5.56. The Balaban J connectivity index is 5.55. The van der Waals surface area contributed by atoms with Crippen molar-refractivity contribution in [3.05, 3.63) is 0 Å². The van der Waals surface area contributed by atoms with Crippen molar-refractivity contribution in [3.8, 4) is 0 Å². The Kier molecular flexibility index (Phi) is 8.22. The Hall–Kier alpha value is -0.650. The number of hydrogen-bond donors (Lipinski definition) is 2. The summed E-state index contributed by atoms with van der Waals surface area (Å²) in [7, 11) is 8.40. The fourth-order valence-electron chi connectivity index (χ4n) is 3.49. The van der Waals surface area contributed by atoms with Gasteiger partial charge in [0, 0.05) is 12.1 Å². The summed E-state index contributed by atoms with van der Waals surface area (Å²) in [4.78, 5) is 15.2. The minimum absolute atomic E-state index is 0.169. The van der Waals surface area contributed by atoms with Gasteiger partial charge in [0.2, 0.25) is 6.41 Å². The maximum Gasteiger partial charge on any atom is 0.221 e. The lowest BCUT2D eigenvalue weighted by Gasteiger charge is -2.50. The standard InChI is InChI=1S/C14H32N4O/c1-8-12(17(4)5)14(10-3,16-15-11-19)13(9-2)18(6)7/h11-13,16H,8-10H2,1-7H3,(H,15,19). The number of amides is 1. The third-order valence-electron chi connectivity index (χ3n) is 4.16. The van der Waals surface area contributed by atoms with E-state index in [0.717, 1.165) is 25.7 Å². The van der Waals surface area contributed by atoms with E-state index in [0.29, 0.717) is 12.1 Å². The number of hydrazine groups is 1. The topological polar surface area (TPSA) is 47.6 Å². The number of carbonyl (C=O) groups excluding carboxylic acids is 1. The quantitative estimate of drug-likeness (QED) is 0.461. The minimum Gasteiger partial charge on any atom is -0.304 e. The fourth-order valence-corrected chi connectivity index (χ4v) is 3.49. The molecule has 114 valence electrons. The third kappa shape index (κ3) is 4.16. The van der Waals surface area contributed by atoms with E-state index < -0.39 is 0 Å². The molecule has 0 aromatic carbocycles. The lowest BCUT2D eigenvalue weighted by Crippen LogP contribution is -2.70. The molecule has 1 amide bonds. The largest absolute Gasteiger partial charge is 0.304 e. The average Bonchev–Trinajstić information content (AvgIpc) is 2.35. The van der Waals surface area contributed by atoms with Gasteiger partial charge in [-0.05, 0) is 47.5 Å². The molecule has 0 rings (SSSR count). The number of hydrogen-bond acceptors (Lipinski definition) is 4. The van der Waals surface area contributed by atoms with Crippen LogP contribution in [0.5, 0.6) is 0 Å². The van der Waals surface area contributed by atoms with Crippen molar-refractivity contribution in [1.29, 1.82) is 0 Å². The normalized spacial score (nSPS) is 18.2. The first kappa shape index (κ1) is 18.4. The molecule has 0 aliphatic rings. The number of nitrogens with one attached hydrogen (secondary N) is 2. The molecular formula is C14H32N4O. The number of likely N-dealkylation sites (N-methyl/N-ethyl adjacent to an activating group) is 2. The highest BCUT2D eigenvalue weighted by Crippen LogP contribution is 2.29. The Labute approximate surface area is 118 Å². The molecule has 2 atom stereocenters. The number of carbonyl (C=O) groups is 1. The first-order valence-corrected chi connectivity index (χ1v) is 7.20. The van der Waals surface area contributed by atoms with Crippen LogP contribution in [0.3, 0.4) is 0 Å². The SMILES string of the molecule is CCC(N(C)C)C(CC)(NNC=O)C(CC)N(C)C. The van der Waals surface area contributed by atoms with Crippen LogP contribution in [0.4, 0.5) is 0 Å². The van der Waals surface area contributed by atoms with E-state index in [1.54, 1.807) is 0 Å². The summed E-state index contributed by atoms with van der Waals surface area (Å²) in [5, 5.41) is 0. The maximum atomic E-state index is 10.7. The summed E-state index contributed by atoms with van der Waals surface area (Å²) in [5.41, 5.74) is 5.82. The molecule has 0 aliphatic heterocycles. The van der Waals surface area contributed by atoms with Gasteiger partial charge in [-0.2, -0.15) is 0 Å². The van der Waals surface area contributed by atoms with E-state index in [2.05, 4.69) is 69.6 Å². The van der Waals surface area contributed by atoms with Crippen molar-refractivity contribution < 1.29 is 4.79 Å². The van der Waals surface area contributed by atoms with Crippen LogP contribution in [0.15, 0.2) is 0 Å². The predicted octanol–water partition coefficient (Wildman–Crippen LogP) is 1.07. The van der Waals surface area contributed by atoms with Crippen molar-refractivity contribution in [3.63, 3.8) is 0 Å². The van der Waals surface area contributed by atoms with E-state index in [1.807, 2.05) is 0 Å². The lowest BCUT2D eigenvalue weighted by molar-refractivity contribution is -0.111. The number of nitrogens with zero attached hydrogens (tertiary/aromatic N) is 2. The molecular weight excluding hydrogens is 240 g/mol. The Bertz CT molecular complexity index is 240. The second-order valence-electron chi connectivity index (χ2n) is 5.56. The van der Waals surface area contributed by atoms with E-state index >= 15 is 0 Å². The predicted molar refractivity (Wildman–Crippen MR) is 80.9 cm³/mol. The molecule has 0 heterocycles. The van der Waals surface area contributed by atoms with Crippen molar-refractivity contribution in [1.82, 2.24) is 20.7 Å². The van der Waals surface area contributed by atoms with Crippen molar-refractivity contribution in [2.45, 2.75) is 57.7 Å².